The van der Waals surface area contributed by atoms with Gasteiger partial charge in [-0.3, -0.25) is 9.59 Å². The molecular weight excluding hydrogens is 413 g/mol. The van der Waals surface area contributed by atoms with Crippen LogP contribution in [0, 0.1) is 5.82 Å². The van der Waals surface area contributed by atoms with E-state index < -0.39 is 11.9 Å². The lowest BCUT2D eigenvalue weighted by Crippen LogP contribution is -2.46. The van der Waals surface area contributed by atoms with Crippen molar-refractivity contribution < 1.29 is 23.5 Å². The summed E-state index contributed by atoms with van der Waals surface area (Å²) in [5.41, 5.74) is 2.36. The van der Waals surface area contributed by atoms with Crippen molar-refractivity contribution in [3.8, 4) is 5.75 Å². The molecule has 0 fully saturated rings. The third-order valence-corrected chi connectivity index (χ3v) is 5.21. The SMILES string of the molecule is CC.CNC(=O)C(CCC=O)N1Cc2c(NCc3cccc(OC)c3F)cccc2C1=O. The minimum atomic E-state index is -0.733. The van der Waals surface area contributed by atoms with Gasteiger partial charge < -0.3 is 25.1 Å². The molecule has 2 aromatic rings. The summed E-state index contributed by atoms with van der Waals surface area (Å²) in [7, 11) is 2.91. The molecule has 2 N–H and O–H groups in total. The van der Waals surface area contributed by atoms with Gasteiger partial charge >= 0.3 is 0 Å². The molecule has 1 atom stereocenters. The van der Waals surface area contributed by atoms with E-state index in [1.165, 1.54) is 19.1 Å². The second-order valence-corrected chi connectivity index (χ2v) is 6.93. The van der Waals surface area contributed by atoms with E-state index in [0.717, 1.165) is 11.8 Å². The van der Waals surface area contributed by atoms with Gasteiger partial charge in [0.2, 0.25) is 5.91 Å². The molecule has 0 saturated carbocycles. The quantitative estimate of drug-likeness (QED) is 0.579. The number of methoxy groups -OCH3 is 1. The normalized spacial score (nSPS) is 12.9. The number of anilines is 1. The standard InChI is InChI=1S/C22H24FN3O4.C2H6/c1-24-21(28)18(9-5-11-27)26-13-16-15(22(26)29)7-4-8-17(16)25-12-14-6-3-10-19(30-2)20(14)23;1-2/h3-4,6-8,10-11,18,25H,5,9,12-13H2,1-2H3,(H,24,28);1-2H3. The molecule has 0 spiro atoms. The number of nitrogens with one attached hydrogen (secondary N) is 2. The van der Waals surface area contributed by atoms with E-state index in [4.69, 9.17) is 4.74 Å². The highest BCUT2D eigenvalue weighted by molar-refractivity contribution is 6.02. The highest BCUT2D eigenvalue weighted by atomic mass is 19.1. The Kier molecular flexibility index (Phi) is 9.19. The number of amides is 2. The second-order valence-electron chi connectivity index (χ2n) is 6.93. The maximum Gasteiger partial charge on any atom is 0.255 e. The number of hydrogen-bond acceptors (Lipinski definition) is 5. The molecule has 0 aromatic heterocycles. The maximum absolute atomic E-state index is 14.4. The van der Waals surface area contributed by atoms with Crippen molar-refractivity contribution in [1.82, 2.24) is 10.2 Å². The van der Waals surface area contributed by atoms with Crippen molar-refractivity contribution in [1.29, 1.82) is 0 Å². The van der Waals surface area contributed by atoms with Crippen LogP contribution >= 0.6 is 0 Å². The van der Waals surface area contributed by atoms with Crippen molar-refractivity contribution in [2.75, 3.05) is 19.5 Å². The van der Waals surface area contributed by atoms with Crippen molar-refractivity contribution in [3.05, 3.63) is 58.9 Å². The molecule has 1 aliphatic rings. The number of aldehydes is 1. The second kappa shape index (κ2) is 11.8. The van der Waals surface area contributed by atoms with Gasteiger partial charge in [-0.2, -0.15) is 0 Å². The van der Waals surface area contributed by atoms with Crippen LogP contribution in [-0.2, 0) is 22.7 Å². The predicted octanol–water partition coefficient (Wildman–Crippen LogP) is 3.52. The Morgan fingerprint density at radius 1 is 1.25 bits per heavy atom. The van der Waals surface area contributed by atoms with E-state index in [1.807, 2.05) is 19.9 Å². The Labute approximate surface area is 187 Å². The average Bonchev–Trinajstić information content (AvgIpc) is 3.16. The summed E-state index contributed by atoms with van der Waals surface area (Å²) in [4.78, 5) is 37.5. The fourth-order valence-electron chi connectivity index (χ4n) is 3.63. The molecule has 172 valence electrons. The molecule has 7 nitrogen and oxygen atoms in total. The summed E-state index contributed by atoms with van der Waals surface area (Å²) in [5, 5.41) is 5.75. The van der Waals surface area contributed by atoms with Crippen molar-refractivity contribution in [3.63, 3.8) is 0 Å². The molecule has 1 heterocycles. The molecule has 1 unspecified atom stereocenters. The van der Waals surface area contributed by atoms with Crippen LogP contribution < -0.4 is 15.4 Å². The monoisotopic (exact) mass is 443 g/mol. The molecular formula is C24H30FN3O4. The van der Waals surface area contributed by atoms with Crippen LogP contribution in [0.25, 0.3) is 0 Å². The Balaban J connectivity index is 0.00000176. The van der Waals surface area contributed by atoms with Crippen LogP contribution in [0.15, 0.2) is 36.4 Å². The van der Waals surface area contributed by atoms with Gasteiger partial charge in [0.05, 0.1) is 7.11 Å². The van der Waals surface area contributed by atoms with Gasteiger partial charge in [-0.1, -0.05) is 32.0 Å². The molecule has 8 heteroatoms. The first kappa shape index (κ1) is 24.8. The fraction of sp³-hybridized carbons (Fsp3) is 0.375. The summed E-state index contributed by atoms with van der Waals surface area (Å²) >= 11 is 0. The van der Waals surface area contributed by atoms with E-state index >= 15 is 0 Å². The molecule has 1 aliphatic heterocycles. The molecule has 0 radical (unpaired) electrons. The number of carbonyl (C=O) groups is 3. The van der Waals surface area contributed by atoms with Gasteiger partial charge in [-0.05, 0) is 24.6 Å². The third-order valence-electron chi connectivity index (χ3n) is 5.21. The number of benzene rings is 2. The summed E-state index contributed by atoms with van der Waals surface area (Å²) in [6, 6.07) is 9.44. The first-order valence-electron chi connectivity index (χ1n) is 10.6. The summed E-state index contributed by atoms with van der Waals surface area (Å²) in [6.07, 6.45) is 1.17. The lowest BCUT2D eigenvalue weighted by molar-refractivity contribution is -0.125. The zero-order chi connectivity index (χ0) is 23.7. The van der Waals surface area contributed by atoms with E-state index in [1.54, 1.807) is 30.3 Å². The Hall–Kier alpha value is -3.42. The molecule has 3 rings (SSSR count). The van der Waals surface area contributed by atoms with Crippen LogP contribution in [0.3, 0.4) is 0 Å². The summed E-state index contributed by atoms with van der Waals surface area (Å²) in [6.45, 7) is 4.44. The van der Waals surface area contributed by atoms with Gasteiger partial charge in [-0.15, -0.1) is 0 Å². The largest absolute Gasteiger partial charge is 0.494 e. The van der Waals surface area contributed by atoms with Crippen LogP contribution in [0.5, 0.6) is 5.75 Å². The summed E-state index contributed by atoms with van der Waals surface area (Å²) < 4.78 is 19.4. The molecule has 0 aliphatic carbocycles. The Morgan fingerprint density at radius 3 is 2.62 bits per heavy atom. The first-order chi connectivity index (χ1) is 15.5. The smallest absolute Gasteiger partial charge is 0.255 e. The minimum Gasteiger partial charge on any atom is -0.494 e. The Bertz CT molecular complexity index is 964. The van der Waals surface area contributed by atoms with Gasteiger partial charge in [0.15, 0.2) is 11.6 Å². The predicted molar refractivity (Wildman–Crippen MR) is 121 cm³/mol. The number of likely N-dealkylation sites (N-methyl/N-ethyl adjacent to an activating group) is 1. The van der Waals surface area contributed by atoms with Crippen LogP contribution in [-0.4, -0.2) is 43.2 Å². The topological polar surface area (TPSA) is 87.7 Å². The fourth-order valence-corrected chi connectivity index (χ4v) is 3.63. The van der Waals surface area contributed by atoms with E-state index in [9.17, 15) is 18.8 Å². The average molecular weight is 444 g/mol. The highest BCUT2D eigenvalue weighted by Crippen LogP contribution is 2.32. The zero-order valence-electron chi connectivity index (χ0n) is 18.9. The summed E-state index contributed by atoms with van der Waals surface area (Å²) in [5.74, 6) is -0.851. The number of ether oxygens (including phenoxy) is 1. The van der Waals surface area contributed by atoms with Crippen molar-refractivity contribution in [2.45, 2.75) is 45.8 Å². The number of hydrogen-bond donors (Lipinski definition) is 2. The van der Waals surface area contributed by atoms with E-state index in [-0.39, 0.29) is 43.5 Å². The third kappa shape index (κ3) is 5.25. The number of nitrogens with zero attached hydrogens (tertiary/aromatic N) is 1. The lowest BCUT2D eigenvalue weighted by atomic mass is 10.1. The van der Waals surface area contributed by atoms with Crippen LogP contribution in [0.2, 0.25) is 0 Å². The zero-order valence-corrected chi connectivity index (χ0v) is 18.9. The molecule has 0 saturated heterocycles. The van der Waals surface area contributed by atoms with E-state index in [0.29, 0.717) is 16.8 Å². The van der Waals surface area contributed by atoms with Crippen molar-refractivity contribution in [2.24, 2.45) is 0 Å². The number of carbonyl (C=O) groups excluding carboxylic acids is 3. The number of rotatable bonds is 9. The van der Waals surface area contributed by atoms with Gasteiger partial charge in [0.1, 0.15) is 12.3 Å². The lowest BCUT2D eigenvalue weighted by Gasteiger charge is -2.25. The highest BCUT2D eigenvalue weighted by Gasteiger charge is 2.36. The van der Waals surface area contributed by atoms with Crippen LogP contribution in [0.1, 0.15) is 48.2 Å². The molecule has 0 bridgehead atoms. The van der Waals surface area contributed by atoms with Gasteiger partial charge in [0, 0.05) is 48.9 Å². The van der Waals surface area contributed by atoms with Crippen LogP contribution in [0.4, 0.5) is 10.1 Å². The van der Waals surface area contributed by atoms with Gasteiger partial charge in [0.25, 0.3) is 5.91 Å². The minimum absolute atomic E-state index is 0.164. The molecule has 32 heavy (non-hydrogen) atoms. The maximum atomic E-state index is 14.4. The Morgan fingerprint density at radius 2 is 1.97 bits per heavy atom. The molecule has 2 aromatic carbocycles. The first-order valence-corrected chi connectivity index (χ1v) is 10.6. The van der Waals surface area contributed by atoms with Gasteiger partial charge in [-0.25, -0.2) is 4.39 Å². The number of halogens is 1. The van der Waals surface area contributed by atoms with Crippen molar-refractivity contribution >= 4 is 23.8 Å². The number of fused-ring (bicyclic) bond motifs is 1. The molecule has 2 amide bonds. The van der Waals surface area contributed by atoms with E-state index in [2.05, 4.69) is 10.6 Å².